The molecule has 0 bridgehead atoms. The third kappa shape index (κ3) is 4.10. The highest BCUT2D eigenvalue weighted by Crippen LogP contribution is 2.22. The lowest BCUT2D eigenvalue weighted by atomic mass is 10.1. The lowest BCUT2D eigenvalue weighted by molar-refractivity contribution is 0.218. The number of anilines is 1. The van der Waals surface area contributed by atoms with Gasteiger partial charge in [0.2, 0.25) is 0 Å². The number of amides is 2. The monoisotopic (exact) mass is 345 g/mol. The second-order valence-electron chi connectivity index (χ2n) is 6.25. The average molecular weight is 345 g/mol. The lowest BCUT2D eigenvalue weighted by Crippen LogP contribution is -2.34. The molecule has 3 rings (SSSR count). The van der Waals surface area contributed by atoms with Crippen molar-refractivity contribution in [2.24, 2.45) is 5.92 Å². The number of hydrogen-bond donors (Lipinski definition) is 1. The van der Waals surface area contributed by atoms with Gasteiger partial charge in [0.1, 0.15) is 5.69 Å². The Hall–Kier alpha value is -1.99. The number of nitrogens with zero attached hydrogens (tertiary/aromatic N) is 4. The van der Waals surface area contributed by atoms with Crippen molar-refractivity contribution >= 4 is 23.3 Å². The number of aromatic nitrogens is 2. The summed E-state index contributed by atoms with van der Waals surface area (Å²) in [6.45, 7) is 5.92. The van der Waals surface area contributed by atoms with E-state index in [-0.39, 0.29) is 6.03 Å². The van der Waals surface area contributed by atoms with Crippen LogP contribution in [-0.4, -0.2) is 58.6 Å². The van der Waals surface area contributed by atoms with Gasteiger partial charge >= 0.3 is 6.03 Å². The normalized spacial score (nSPS) is 17.5. The Morgan fingerprint density at radius 1 is 1.42 bits per heavy atom. The van der Waals surface area contributed by atoms with Crippen LogP contribution in [0, 0.1) is 5.92 Å². The van der Waals surface area contributed by atoms with Crippen LogP contribution >= 0.6 is 11.5 Å². The summed E-state index contributed by atoms with van der Waals surface area (Å²) in [7, 11) is 2.13. The molecule has 0 unspecified atom stereocenters. The number of urea groups is 1. The van der Waals surface area contributed by atoms with Crippen molar-refractivity contribution in [2.45, 2.75) is 13.3 Å². The summed E-state index contributed by atoms with van der Waals surface area (Å²) in [5, 5.41) is 8.94. The largest absolute Gasteiger partial charge is 0.324 e. The van der Waals surface area contributed by atoms with Gasteiger partial charge in [-0.2, -0.15) is 0 Å². The smallest absolute Gasteiger partial charge is 0.321 e. The second kappa shape index (κ2) is 7.72. The fraction of sp³-hybridized carbons (Fsp3) is 0.471. The Balaban J connectivity index is 1.54. The Bertz CT molecular complexity index is 658. The maximum Gasteiger partial charge on any atom is 0.321 e. The maximum atomic E-state index is 12.4. The van der Waals surface area contributed by atoms with Crippen LogP contribution in [0.3, 0.4) is 0 Å². The lowest BCUT2D eigenvalue weighted by Gasteiger charge is -2.20. The van der Waals surface area contributed by atoms with Crippen LogP contribution in [0.2, 0.25) is 0 Å². The zero-order chi connectivity index (χ0) is 16.9. The SMILES string of the molecule is CCN(C)C[C@H]1CCN(C(=O)Nc2ccc(-c3csnn3)cc2)C1. The molecule has 0 radical (unpaired) electrons. The zero-order valence-corrected chi connectivity index (χ0v) is 14.9. The first kappa shape index (κ1) is 16.9. The van der Waals surface area contributed by atoms with Crippen molar-refractivity contribution in [3.05, 3.63) is 29.6 Å². The molecule has 2 aromatic rings. The van der Waals surface area contributed by atoms with Crippen molar-refractivity contribution in [3.8, 4) is 11.3 Å². The van der Waals surface area contributed by atoms with Crippen LogP contribution in [0.15, 0.2) is 29.6 Å². The van der Waals surface area contributed by atoms with Gasteiger partial charge < -0.3 is 15.1 Å². The van der Waals surface area contributed by atoms with Gasteiger partial charge in [0.15, 0.2) is 0 Å². The Morgan fingerprint density at radius 2 is 2.21 bits per heavy atom. The molecule has 7 heteroatoms. The van der Waals surface area contributed by atoms with E-state index < -0.39 is 0 Å². The van der Waals surface area contributed by atoms with Crippen LogP contribution in [-0.2, 0) is 0 Å². The Labute approximate surface area is 146 Å². The van der Waals surface area contributed by atoms with E-state index in [2.05, 4.69) is 33.8 Å². The average Bonchev–Trinajstić information content (AvgIpc) is 3.27. The molecule has 1 aromatic carbocycles. The molecular formula is C17H23N5OS. The van der Waals surface area contributed by atoms with Gasteiger partial charge in [-0.1, -0.05) is 23.5 Å². The van der Waals surface area contributed by atoms with Crippen molar-refractivity contribution in [1.82, 2.24) is 19.4 Å². The van der Waals surface area contributed by atoms with Gasteiger partial charge in [0.05, 0.1) is 0 Å². The summed E-state index contributed by atoms with van der Waals surface area (Å²) in [6.07, 6.45) is 1.08. The number of benzene rings is 1. The minimum Gasteiger partial charge on any atom is -0.324 e. The quantitative estimate of drug-likeness (QED) is 0.905. The van der Waals surface area contributed by atoms with Gasteiger partial charge in [-0.3, -0.25) is 0 Å². The first-order valence-corrected chi connectivity index (χ1v) is 9.11. The molecule has 1 aliphatic heterocycles. The Morgan fingerprint density at radius 3 is 2.88 bits per heavy atom. The summed E-state index contributed by atoms with van der Waals surface area (Å²) in [5.41, 5.74) is 2.67. The maximum absolute atomic E-state index is 12.4. The highest BCUT2D eigenvalue weighted by atomic mass is 32.1. The zero-order valence-electron chi connectivity index (χ0n) is 14.1. The van der Waals surface area contributed by atoms with Gasteiger partial charge in [-0.05, 0) is 49.6 Å². The molecule has 1 aliphatic rings. The molecule has 0 aliphatic carbocycles. The van der Waals surface area contributed by atoms with E-state index >= 15 is 0 Å². The molecule has 0 spiro atoms. The van der Waals surface area contributed by atoms with Crippen molar-refractivity contribution < 1.29 is 4.79 Å². The van der Waals surface area contributed by atoms with Crippen LogP contribution in [0.5, 0.6) is 0 Å². The van der Waals surface area contributed by atoms with Crippen LogP contribution in [0.25, 0.3) is 11.3 Å². The molecular weight excluding hydrogens is 322 g/mol. The molecule has 1 N–H and O–H groups in total. The first-order chi connectivity index (χ1) is 11.7. The van der Waals surface area contributed by atoms with Gasteiger partial charge in [0, 0.05) is 36.3 Å². The number of nitrogens with one attached hydrogen (secondary N) is 1. The van der Waals surface area contributed by atoms with E-state index in [1.54, 1.807) is 0 Å². The number of rotatable bonds is 5. The first-order valence-electron chi connectivity index (χ1n) is 8.27. The van der Waals surface area contributed by atoms with Crippen molar-refractivity contribution in [2.75, 3.05) is 38.5 Å². The summed E-state index contributed by atoms with van der Waals surface area (Å²) in [4.78, 5) is 16.6. The predicted octanol–water partition coefficient (Wildman–Crippen LogP) is 3.01. The summed E-state index contributed by atoms with van der Waals surface area (Å²) in [5.74, 6) is 0.570. The van der Waals surface area contributed by atoms with Crippen LogP contribution in [0.1, 0.15) is 13.3 Å². The minimum absolute atomic E-state index is 0.0141. The van der Waals surface area contributed by atoms with E-state index in [0.29, 0.717) is 5.92 Å². The van der Waals surface area contributed by atoms with E-state index in [0.717, 1.165) is 49.5 Å². The molecule has 128 valence electrons. The van der Waals surface area contributed by atoms with E-state index in [9.17, 15) is 4.79 Å². The molecule has 2 amide bonds. The molecule has 1 atom stereocenters. The van der Waals surface area contributed by atoms with E-state index in [4.69, 9.17) is 0 Å². The summed E-state index contributed by atoms with van der Waals surface area (Å²) in [6, 6.07) is 7.71. The highest BCUT2D eigenvalue weighted by molar-refractivity contribution is 7.03. The highest BCUT2D eigenvalue weighted by Gasteiger charge is 2.26. The Kier molecular flexibility index (Phi) is 5.42. The van der Waals surface area contributed by atoms with Crippen molar-refractivity contribution in [1.29, 1.82) is 0 Å². The molecule has 2 heterocycles. The standard InChI is InChI=1S/C17H23N5OS/c1-3-21(2)10-13-8-9-22(11-13)17(23)18-15-6-4-14(5-7-15)16-12-24-20-19-16/h4-7,12-13H,3,8-11H2,1-2H3,(H,18,23)/t13-/m1/s1. The molecule has 1 aromatic heterocycles. The molecule has 1 fully saturated rings. The van der Waals surface area contributed by atoms with Crippen LogP contribution < -0.4 is 5.32 Å². The summed E-state index contributed by atoms with van der Waals surface area (Å²) < 4.78 is 3.87. The summed E-state index contributed by atoms with van der Waals surface area (Å²) >= 11 is 1.33. The fourth-order valence-corrected chi connectivity index (χ4v) is 3.42. The third-order valence-electron chi connectivity index (χ3n) is 4.47. The number of likely N-dealkylation sites (tertiary alicyclic amines) is 1. The molecule has 0 saturated carbocycles. The van der Waals surface area contributed by atoms with Crippen LogP contribution in [0.4, 0.5) is 10.5 Å². The van der Waals surface area contributed by atoms with Gasteiger partial charge in [-0.25, -0.2) is 4.79 Å². The third-order valence-corrected chi connectivity index (χ3v) is 4.98. The van der Waals surface area contributed by atoms with E-state index in [1.807, 2.05) is 34.5 Å². The second-order valence-corrected chi connectivity index (χ2v) is 6.86. The number of hydrogen-bond acceptors (Lipinski definition) is 5. The number of carbonyl (C=O) groups excluding carboxylic acids is 1. The number of carbonyl (C=O) groups is 1. The topological polar surface area (TPSA) is 61.4 Å². The predicted molar refractivity (Wildman–Crippen MR) is 97.2 cm³/mol. The van der Waals surface area contributed by atoms with Gasteiger partial charge in [0.25, 0.3) is 0 Å². The van der Waals surface area contributed by atoms with E-state index in [1.165, 1.54) is 11.5 Å². The van der Waals surface area contributed by atoms with Crippen molar-refractivity contribution in [3.63, 3.8) is 0 Å². The minimum atomic E-state index is -0.0141. The fourth-order valence-electron chi connectivity index (χ4n) is 2.95. The molecule has 24 heavy (non-hydrogen) atoms. The molecule has 1 saturated heterocycles. The van der Waals surface area contributed by atoms with Gasteiger partial charge in [-0.15, -0.1) is 5.10 Å². The molecule has 6 nitrogen and oxygen atoms in total.